The third-order valence-corrected chi connectivity index (χ3v) is 6.52. The van der Waals surface area contributed by atoms with Gasteiger partial charge in [0.05, 0.1) is 50.9 Å². The van der Waals surface area contributed by atoms with E-state index in [-0.39, 0.29) is 11.7 Å². The molecule has 0 aliphatic rings. The molecule has 186 valence electrons. The number of thioether (sulfide) groups is 1. The van der Waals surface area contributed by atoms with E-state index in [1.807, 2.05) is 48.5 Å². The highest BCUT2D eigenvalue weighted by molar-refractivity contribution is 7.99. The molecular formula is C26H25ClN4O4S. The van der Waals surface area contributed by atoms with Crippen molar-refractivity contribution in [2.45, 2.75) is 11.7 Å². The molecule has 0 spiro atoms. The number of nitrogens with one attached hydrogen (secondary N) is 1. The largest absolute Gasteiger partial charge is 0.493 e. The van der Waals surface area contributed by atoms with Crippen LogP contribution in [0.2, 0.25) is 5.02 Å². The molecule has 0 bridgehead atoms. The van der Waals surface area contributed by atoms with Gasteiger partial charge in [0, 0.05) is 10.6 Å². The van der Waals surface area contributed by atoms with Gasteiger partial charge in [-0.05, 0) is 42.0 Å². The van der Waals surface area contributed by atoms with Gasteiger partial charge < -0.3 is 18.8 Å². The number of rotatable bonds is 10. The monoisotopic (exact) mass is 524 g/mol. The molecule has 0 aliphatic carbocycles. The smallest absolute Gasteiger partial charge is 0.250 e. The SMILES string of the molecule is COc1cc(/C=N\NC(=O)CSc2nc3ccccc3n2Cc2ccc(Cl)cc2)cc(OC)c1OC. The Kier molecular flexibility index (Phi) is 8.35. The molecule has 0 aliphatic heterocycles. The van der Waals surface area contributed by atoms with Crippen LogP contribution in [-0.4, -0.2) is 48.8 Å². The molecule has 0 fully saturated rings. The van der Waals surface area contributed by atoms with E-state index in [9.17, 15) is 4.79 Å². The first-order chi connectivity index (χ1) is 17.5. The molecule has 1 N–H and O–H groups in total. The first kappa shape index (κ1) is 25.4. The fraction of sp³-hybridized carbons (Fsp3) is 0.192. The minimum atomic E-state index is -0.256. The van der Waals surface area contributed by atoms with Gasteiger partial charge in [-0.25, -0.2) is 10.4 Å². The van der Waals surface area contributed by atoms with E-state index in [0.717, 1.165) is 21.8 Å². The number of aromatic nitrogens is 2. The van der Waals surface area contributed by atoms with E-state index < -0.39 is 0 Å². The van der Waals surface area contributed by atoms with E-state index in [4.69, 9.17) is 30.8 Å². The van der Waals surface area contributed by atoms with Crippen molar-refractivity contribution in [2.75, 3.05) is 27.1 Å². The van der Waals surface area contributed by atoms with Crippen molar-refractivity contribution in [1.29, 1.82) is 0 Å². The number of imidazole rings is 1. The second-order valence-corrected chi connectivity index (χ2v) is 9.02. The maximum atomic E-state index is 12.5. The highest BCUT2D eigenvalue weighted by Crippen LogP contribution is 2.37. The first-order valence-electron chi connectivity index (χ1n) is 11.0. The van der Waals surface area contributed by atoms with Gasteiger partial charge in [-0.2, -0.15) is 5.10 Å². The molecule has 36 heavy (non-hydrogen) atoms. The van der Waals surface area contributed by atoms with Gasteiger partial charge in [0.15, 0.2) is 16.7 Å². The van der Waals surface area contributed by atoms with Crippen LogP contribution in [-0.2, 0) is 11.3 Å². The van der Waals surface area contributed by atoms with Gasteiger partial charge in [-0.15, -0.1) is 0 Å². The quantitative estimate of drug-likeness (QED) is 0.178. The van der Waals surface area contributed by atoms with Crippen LogP contribution in [0.25, 0.3) is 11.0 Å². The van der Waals surface area contributed by atoms with Gasteiger partial charge in [-0.1, -0.05) is 47.6 Å². The van der Waals surface area contributed by atoms with E-state index in [1.54, 1.807) is 12.1 Å². The van der Waals surface area contributed by atoms with Gasteiger partial charge >= 0.3 is 0 Å². The Bertz CT molecular complexity index is 1360. The molecule has 1 aromatic heterocycles. The molecule has 10 heteroatoms. The summed E-state index contributed by atoms with van der Waals surface area (Å²) in [6.45, 7) is 0.612. The van der Waals surface area contributed by atoms with Crippen LogP contribution in [0.15, 0.2) is 70.9 Å². The number of methoxy groups -OCH3 is 3. The molecule has 0 saturated heterocycles. The van der Waals surface area contributed by atoms with Gasteiger partial charge in [-0.3, -0.25) is 4.79 Å². The number of hydrogen-bond donors (Lipinski definition) is 1. The lowest BCUT2D eigenvalue weighted by molar-refractivity contribution is -0.118. The molecule has 0 radical (unpaired) electrons. The number of para-hydroxylation sites is 2. The summed E-state index contributed by atoms with van der Waals surface area (Å²) in [4.78, 5) is 17.2. The van der Waals surface area contributed by atoms with Crippen molar-refractivity contribution in [3.05, 3.63) is 76.8 Å². The summed E-state index contributed by atoms with van der Waals surface area (Å²) >= 11 is 7.38. The summed E-state index contributed by atoms with van der Waals surface area (Å²) in [6, 6.07) is 19.1. The second kappa shape index (κ2) is 11.8. The van der Waals surface area contributed by atoms with Crippen molar-refractivity contribution in [3.8, 4) is 17.2 Å². The Labute approximate surface area is 218 Å². The summed E-state index contributed by atoms with van der Waals surface area (Å²) in [7, 11) is 4.62. The second-order valence-electron chi connectivity index (χ2n) is 7.64. The Morgan fingerprint density at radius 1 is 1.06 bits per heavy atom. The lowest BCUT2D eigenvalue weighted by Crippen LogP contribution is -2.20. The van der Waals surface area contributed by atoms with Gasteiger partial charge in [0.2, 0.25) is 5.75 Å². The van der Waals surface area contributed by atoms with Crippen molar-refractivity contribution in [3.63, 3.8) is 0 Å². The summed E-state index contributed by atoms with van der Waals surface area (Å²) in [5.41, 5.74) is 6.19. The highest BCUT2D eigenvalue weighted by Gasteiger charge is 2.14. The Hall–Kier alpha value is -3.69. The fourth-order valence-electron chi connectivity index (χ4n) is 3.61. The van der Waals surface area contributed by atoms with Crippen molar-refractivity contribution in [1.82, 2.24) is 15.0 Å². The molecule has 4 aromatic rings. The number of hydrazone groups is 1. The number of benzene rings is 3. The Morgan fingerprint density at radius 2 is 1.75 bits per heavy atom. The lowest BCUT2D eigenvalue weighted by Gasteiger charge is -2.12. The van der Waals surface area contributed by atoms with Crippen LogP contribution in [0.5, 0.6) is 17.2 Å². The standard InChI is InChI=1S/C26H25ClN4O4S/c1-33-22-12-18(13-23(34-2)25(22)35-3)14-28-30-24(32)16-36-26-29-20-6-4-5-7-21(20)31(26)15-17-8-10-19(27)11-9-17/h4-14H,15-16H2,1-3H3,(H,30,32)/b28-14-. The average molecular weight is 525 g/mol. The number of ether oxygens (including phenoxy) is 3. The maximum Gasteiger partial charge on any atom is 0.250 e. The van der Waals surface area contributed by atoms with E-state index >= 15 is 0 Å². The molecule has 0 saturated carbocycles. The number of fused-ring (bicyclic) bond motifs is 1. The summed E-state index contributed by atoms with van der Waals surface area (Å²) in [5, 5.41) is 5.50. The van der Waals surface area contributed by atoms with Crippen LogP contribution in [0.4, 0.5) is 0 Å². The number of amides is 1. The van der Waals surface area contributed by atoms with Crippen LogP contribution in [0.3, 0.4) is 0 Å². The predicted molar refractivity (Wildman–Crippen MR) is 143 cm³/mol. The molecule has 0 atom stereocenters. The highest BCUT2D eigenvalue weighted by atomic mass is 35.5. The summed E-state index contributed by atoms with van der Waals surface area (Å²) < 4.78 is 18.1. The third kappa shape index (κ3) is 5.92. The zero-order valence-electron chi connectivity index (χ0n) is 20.0. The molecule has 0 unspecified atom stereocenters. The minimum Gasteiger partial charge on any atom is -0.493 e. The normalized spacial score (nSPS) is 11.1. The van der Waals surface area contributed by atoms with Gasteiger partial charge in [0.25, 0.3) is 5.91 Å². The Balaban J connectivity index is 1.44. The van der Waals surface area contributed by atoms with Gasteiger partial charge in [0.1, 0.15) is 0 Å². The van der Waals surface area contributed by atoms with E-state index in [0.29, 0.717) is 34.4 Å². The fourth-order valence-corrected chi connectivity index (χ4v) is 4.54. The minimum absolute atomic E-state index is 0.149. The number of hydrogen-bond acceptors (Lipinski definition) is 7. The number of carbonyl (C=O) groups excluding carboxylic acids is 1. The Morgan fingerprint density at radius 3 is 2.42 bits per heavy atom. The summed E-state index contributed by atoms with van der Waals surface area (Å²) in [5.74, 6) is 1.38. The van der Waals surface area contributed by atoms with Crippen LogP contribution < -0.4 is 19.6 Å². The average Bonchev–Trinajstić information content (AvgIpc) is 3.25. The lowest BCUT2D eigenvalue weighted by atomic mass is 10.2. The zero-order chi connectivity index (χ0) is 25.5. The zero-order valence-corrected chi connectivity index (χ0v) is 21.6. The van der Waals surface area contributed by atoms with Crippen molar-refractivity contribution in [2.24, 2.45) is 5.10 Å². The topological polar surface area (TPSA) is 87.0 Å². The molecule has 3 aromatic carbocycles. The van der Waals surface area contributed by atoms with Crippen LogP contribution in [0, 0.1) is 0 Å². The van der Waals surface area contributed by atoms with Crippen molar-refractivity contribution < 1.29 is 19.0 Å². The molecule has 8 nitrogen and oxygen atoms in total. The van der Waals surface area contributed by atoms with E-state index in [1.165, 1.54) is 39.3 Å². The first-order valence-corrected chi connectivity index (χ1v) is 12.3. The molecule has 1 heterocycles. The van der Waals surface area contributed by atoms with E-state index in [2.05, 4.69) is 15.1 Å². The number of nitrogens with zero attached hydrogens (tertiary/aromatic N) is 3. The van der Waals surface area contributed by atoms with Crippen molar-refractivity contribution >= 4 is 46.5 Å². The molecular weight excluding hydrogens is 500 g/mol. The number of halogens is 1. The van der Waals surface area contributed by atoms with Crippen LogP contribution in [0.1, 0.15) is 11.1 Å². The predicted octanol–water partition coefficient (Wildman–Crippen LogP) is 5.01. The summed E-state index contributed by atoms with van der Waals surface area (Å²) in [6.07, 6.45) is 1.52. The molecule has 1 amide bonds. The number of carbonyl (C=O) groups is 1. The molecule has 4 rings (SSSR count). The van der Waals surface area contributed by atoms with Crippen LogP contribution >= 0.6 is 23.4 Å². The third-order valence-electron chi connectivity index (χ3n) is 5.30. The maximum absolute atomic E-state index is 12.5.